The van der Waals surface area contributed by atoms with Crippen molar-refractivity contribution in [3.05, 3.63) is 33.4 Å². The number of rotatable bonds is 3. The van der Waals surface area contributed by atoms with Crippen molar-refractivity contribution in [2.24, 2.45) is 11.8 Å². The number of fused-ring (bicyclic) bond motifs is 2. The number of carbonyl (C=O) groups is 2. The van der Waals surface area contributed by atoms with E-state index in [1.54, 1.807) is 0 Å². The van der Waals surface area contributed by atoms with Crippen molar-refractivity contribution >= 4 is 17.5 Å². The smallest absolute Gasteiger partial charge is 0.277 e. The lowest BCUT2D eigenvalue weighted by Gasteiger charge is -2.27. The standard InChI is InChI=1S/C21H25N5O3/c27-19(12-3-4-12)24-9-7-15-14(11-24)21(29)26-18(22-15)10-16(23-26)17-2-1-8-25(17)20(28)13-5-6-13/h10,12-13,17,23H,1-9,11H2/t17-/m0/s1. The average Bonchev–Trinajstić information content (AvgIpc) is 3.65. The Morgan fingerprint density at radius 3 is 2.55 bits per heavy atom. The fourth-order valence-electron chi connectivity index (χ4n) is 4.87. The molecule has 1 N–H and O–H groups in total. The Labute approximate surface area is 167 Å². The third-order valence-corrected chi connectivity index (χ3v) is 6.84. The van der Waals surface area contributed by atoms with Crippen molar-refractivity contribution < 1.29 is 9.59 Å². The molecule has 0 spiro atoms. The SMILES string of the molecule is O=C(C1CC1)N1CCc2nc3cc([C@@H]4CCCN4C(=O)C4CC4)[nH]n3c(=O)c2C1. The normalized spacial score (nSPS) is 24.2. The van der Waals surface area contributed by atoms with Crippen molar-refractivity contribution in [3.8, 4) is 0 Å². The number of aromatic nitrogens is 3. The van der Waals surface area contributed by atoms with Gasteiger partial charge in [-0.1, -0.05) is 0 Å². The van der Waals surface area contributed by atoms with Gasteiger partial charge in [0.15, 0.2) is 5.65 Å². The Hall–Kier alpha value is -2.64. The van der Waals surface area contributed by atoms with Crippen LogP contribution in [-0.4, -0.2) is 49.3 Å². The second-order valence-electron chi connectivity index (χ2n) is 9.00. The highest BCUT2D eigenvalue weighted by atomic mass is 16.2. The highest BCUT2D eigenvalue weighted by Gasteiger charge is 2.40. The number of amides is 2. The lowest BCUT2D eigenvalue weighted by Crippen LogP contribution is -2.40. The van der Waals surface area contributed by atoms with Gasteiger partial charge in [0.25, 0.3) is 5.56 Å². The van der Waals surface area contributed by atoms with Gasteiger partial charge in [-0.25, -0.2) is 9.50 Å². The molecular weight excluding hydrogens is 370 g/mol. The fourth-order valence-corrected chi connectivity index (χ4v) is 4.87. The number of aromatic amines is 1. The fraction of sp³-hybridized carbons (Fsp3) is 0.619. The summed E-state index contributed by atoms with van der Waals surface area (Å²) in [4.78, 5) is 46.7. The molecule has 0 unspecified atom stereocenters. The lowest BCUT2D eigenvalue weighted by atomic mass is 10.1. The molecular formula is C21H25N5O3. The van der Waals surface area contributed by atoms with Gasteiger partial charge in [0.1, 0.15) is 0 Å². The second-order valence-corrected chi connectivity index (χ2v) is 9.00. The van der Waals surface area contributed by atoms with Gasteiger partial charge >= 0.3 is 0 Å². The highest BCUT2D eigenvalue weighted by molar-refractivity contribution is 5.82. The van der Waals surface area contributed by atoms with Crippen molar-refractivity contribution in [2.45, 2.75) is 57.5 Å². The molecule has 4 heterocycles. The molecule has 0 aromatic carbocycles. The highest BCUT2D eigenvalue weighted by Crippen LogP contribution is 2.38. The third-order valence-electron chi connectivity index (χ3n) is 6.84. The van der Waals surface area contributed by atoms with Crippen LogP contribution in [0.2, 0.25) is 0 Å². The van der Waals surface area contributed by atoms with Crippen LogP contribution in [0.5, 0.6) is 0 Å². The van der Waals surface area contributed by atoms with E-state index in [2.05, 4.69) is 5.10 Å². The minimum Gasteiger partial charge on any atom is -0.337 e. The van der Waals surface area contributed by atoms with Crippen LogP contribution in [0.3, 0.4) is 0 Å². The molecule has 1 atom stereocenters. The van der Waals surface area contributed by atoms with E-state index in [-0.39, 0.29) is 35.3 Å². The van der Waals surface area contributed by atoms with Crippen LogP contribution in [0.15, 0.2) is 10.9 Å². The molecule has 152 valence electrons. The first-order valence-electron chi connectivity index (χ1n) is 10.8. The molecule has 0 radical (unpaired) electrons. The molecule has 3 fully saturated rings. The van der Waals surface area contributed by atoms with Gasteiger partial charge in [0.2, 0.25) is 11.8 Å². The zero-order valence-corrected chi connectivity index (χ0v) is 16.4. The molecule has 2 aromatic rings. The topological polar surface area (TPSA) is 90.8 Å². The molecule has 0 bridgehead atoms. The molecule has 2 aliphatic heterocycles. The van der Waals surface area contributed by atoms with Crippen molar-refractivity contribution in [1.82, 2.24) is 24.4 Å². The number of H-pyrrole nitrogens is 1. The number of nitrogens with one attached hydrogen (secondary N) is 1. The summed E-state index contributed by atoms with van der Waals surface area (Å²) in [5.74, 6) is 0.779. The summed E-state index contributed by atoms with van der Waals surface area (Å²) in [6.07, 6.45) is 6.44. The van der Waals surface area contributed by atoms with Crippen LogP contribution in [0.4, 0.5) is 0 Å². The molecule has 2 amide bonds. The van der Waals surface area contributed by atoms with Crippen LogP contribution in [0, 0.1) is 11.8 Å². The van der Waals surface area contributed by atoms with Crippen LogP contribution >= 0.6 is 0 Å². The minimum absolute atomic E-state index is 0.00540. The summed E-state index contributed by atoms with van der Waals surface area (Å²) in [5, 5.41) is 3.22. The first-order chi connectivity index (χ1) is 14.1. The van der Waals surface area contributed by atoms with Crippen LogP contribution in [0.25, 0.3) is 5.65 Å². The monoisotopic (exact) mass is 395 g/mol. The van der Waals surface area contributed by atoms with Crippen LogP contribution in [-0.2, 0) is 22.6 Å². The van der Waals surface area contributed by atoms with Crippen LogP contribution in [0.1, 0.15) is 61.5 Å². The molecule has 2 aliphatic carbocycles. The molecule has 6 rings (SSSR count). The zero-order chi connectivity index (χ0) is 19.7. The quantitative estimate of drug-likeness (QED) is 0.850. The van der Waals surface area contributed by atoms with Crippen molar-refractivity contribution in [2.75, 3.05) is 13.1 Å². The van der Waals surface area contributed by atoms with Gasteiger partial charge in [-0.3, -0.25) is 19.5 Å². The summed E-state index contributed by atoms with van der Waals surface area (Å²) in [6.45, 7) is 1.77. The Morgan fingerprint density at radius 2 is 1.79 bits per heavy atom. The summed E-state index contributed by atoms with van der Waals surface area (Å²) in [5.41, 5.74) is 2.79. The number of hydrogen-bond acceptors (Lipinski definition) is 4. The molecule has 4 aliphatic rings. The summed E-state index contributed by atoms with van der Waals surface area (Å²) >= 11 is 0. The van der Waals surface area contributed by atoms with Gasteiger partial charge in [0.05, 0.1) is 29.5 Å². The number of hydrogen-bond donors (Lipinski definition) is 1. The Morgan fingerprint density at radius 1 is 1.03 bits per heavy atom. The van der Waals surface area contributed by atoms with E-state index in [1.807, 2.05) is 15.9 Å². The Bertz CT molecular complexity index is 1080. The average molecular weight is 395 g/mol. The maximum absolute atomic E-state index is 13.2. The van der Waals surface area contributed by atoms with Gasteiger partial charge in [-0.05, 0) is 38.5 Å². The Balaban J connectivity index is 1.34. The van der Waals surface area contributed by atoms with E-state index in [1.165, 1.54) is 4.52 Å². The first-order valence-corrected chi connectivity index (χ1v) is 10.8. The maximum atomic E-state index is 13.2. The summed E-state index contributed by atoms with van der Waals surface area (Å²) < 4.78 is 1.50. The molecule has 1 saturated heterocycles. The summed E-state index contributed by atoms with van der Waals surface area (Å²) in [7, 11) is 0. The van der Waals surface area contributed by atoms with Crippen molar-refractivity contribution in [3.63, 3.8) is 0 Å². The van der Waals surface area contributed by atoms with Gasteiger partial charge < -0.3 is 9.80 Å². The predicted octanol–water partition coefficient (Wildman–Crippen LogP) is 1.39. The van der Waals surface area contributed by atoms with E-state index < -0.39 is 0 Å². The van der Waals surface area contributed by atoms with Gasteiger partial charge in [-0.15, -0.1) is 0 Å². The number of nitrogens with zero attached hydrogens (tertiary/aromatic N) is 4. The second kappa shape index (κ2) is 6.18. The molecule has 8 nitrogen and oxygen atoms in total. The first kappa shape index (κ1) is 17.2. The molecule has 2 aromatic heterocycles. The lowest BCUT2D eigenvalue weighted by molar-refractivity contribution is -0.134. The van der Waals surface area contributed by atoms with Gasteiger partial charge in [-0.2, -0.15) is 0 Å². The van der Waals surface area contributed by atoms with Gasteiger partial charge in [0, 0.05) is 37.4 Å². The molecule has 8 heteroatoms. The Kier molecular flexibility index (Phi) is 3.67. The van der Waals surface area contributed by atoms with E-state index in [0.29, 0.717) is 30.7 Å². The van der Waals surface area contributed by atoms with Crippen LogP contribution < -0.4 is 5.56 Å². The number of likely N-dealkylation sites (tertiary alicyclic amines) is 1. The summed E-state index contributed by atoms with van der Waals surface area (Å²) in [6, 6.07) is 1.92. The minimum atomic E-state index is -0.123. The molecule has 29 heavy (non-hydrogen) atoms. The van der Waals surface area contributed by atoms with Crippen molar-refractivity contribution in [1.29, 1.82) is 0 Å². The van der Waals surface area contributed by atoms with E-state index in [0.717, 1.165) is 56.5 Å². The predicted molar refractivity (Wildman–Crippen MR) is 104 cm³/mol. The third kappa shape index (κ3) is 2.80. The van der Waals surface area contributed by atoms with E-state index in [9.17, 15) is 14.4 Å². The maximum Gasteiger partial charge on any atom is 0.277 e. The largest absolute Gasteiger partial charge is 0.337 e. The van der Waals surface area contributed by atoms with E-state index >= 15 is 0 Å². The molecule has 2 saturated carbocycles. The van der Waals surface area contributed by atoms with E-state index in [4.69, 9.17) is 4.98 Å². The zero-order valence-electron chi connectivity index (χ0n) is 16.4. The number of carbonyl (C=O) groups excluding carboxylic acids is 2.